The average Bonchev–Trinajstić information content (AvgIpc) is 2.62. The van der Waals surface area contributed by atoms with Gasteiger partial charge in [-0.1, -0.05) is 54.1 Å². The molecule has 0 radical (unpaired) electrons. The van der Waals surface area contributed by atoms with E-state index >= 15 is 0 Å². The lowest BCUT2D eigenvalue weighted by atomic mass is 10.1. The fourth-order valence-corrected chi connectivity index (χ4v) is 2.47. The molecule has 0 amide bonds. The van der Waals surface area contributed by atoms with Crippen LogP contribution in [0.25, 0.3) is 0 Å². The molecule has 0 aliphatic rings. The normalized spacial score (nSPS) is 12.4. The van der Waals surface area contributed by atoms with E-state index in [4.69, 9.17) is 27.5 Å². The van der Waals surface area contributed by atoms with Gasteiger partial charge in [0.25, 0.3) is 0 Å². The van der Waals surface area contributed by atoms with Crippen LogP contribution in [0.3, 0.4) is 0 Å². The van der Waals surface area contributed by atoms with Crippen molar-refractivity contribution in [3.8, 4) is 0 Å². The maximum absolute atomic E-state index is 10.6. The van der Waals surface area contributed by atoms with Gasteiger partial charge >= 0.3 is 11.9 Å². The summed E-state index contributed by atoms with van der Waals surface area (Å²) in [5.74, 6) is -1.85. The Morgan fingerprint density at radius 1 is 0.962 bits per heavy atom. The van der Waals surface area contributed by atoms with E-state index in [-0.39, 0.29) is 0 Å². The highest BCUT2D eigenvalue weighted by molar-refractivity contribution is 9.08. The molecule has 0 bridgehead atoms. The summed E-state index contributed by atoms with van der Waals surface area (Å²) < 4.78 is 2.56. The first-order chi connectivity index (χ1) is 12.3. The minimum Gasteiger partial charge on any atom is -0.480 e. The third kappa shape index (κ3) is 8.44. The molecule has 2 aromatic rings. The highest BCUT2D eigenvalue weighted by atomic mass is 79.9. The Hall–Kier alpha value is -1.93. The van der Waals surface area contributed by atoms with Crippen LogP contribution in [0, 0.1) is 0 Å². The van der Waals surface area contributed by atoms with Gasteiger partial charge < -0.3 is 15.9 Å². The number of rotatable bonds is 7. The van der Waals surface area contributed by atoms with Crippen molar-refractivity contribution in [3.63, 3.8) is 0 Å². The van der Waals surface area contributed by atoms with Crippen molar-refractivity contribution in [3.05, 3.63) is 70.7 Å². The van der Waals surface area contributed by atoms with E-state index < -0.39 is 24.0 Å². The predicted octanol–water partition coefficient (Wildman–Crippen LogP) is 2.88. The van der Waals surface area contributed by atoms with Crippen LogP contribution in [0.2, 0.25) is 5.02 Å². The van der Waals surface area contributed by atoms with Crippen LogP contribution in [0.5, 0.6) is 0 Å². The van der Waals surface area contributed by atoms with Crippen molar-refractivity contribution >= 4 is 39.7 Å². The first-order valence-corrected chi connectivity index (χ1v) is 8.86. The van der Waals surface area contributed by atoms with E-state index in [1.165, 1.54) is 0 Å². The summed E-state index contributed by atoms with van der Waals surface area (Å²) in [4.78, 5) is 21.1. The monoisotopic (exact) mass is 442 g/mol. The zero-order chi connectivity index (χ0) is 19.5. The van der Waals surface area contributed by atoms with Gasteiger partial charge in [0.1, 0.15) is 12.1 Å². The number of hydrogen-bond acceptors (Lipinski definition) is 4. The molecule has 2 atom stereocenters. The Morgan fingerprint density at radius 2 is 1.50 bits per heavy atom. The Kier molecular flexibility index (Phi) is 9.90. The van der Waals surface area contributed by atoms with Crippen LogP contribution in [-0.4, -0.2) is 34.2 Å². The van der Waals surface area contributed by atoms with Gasteiger partial charge in [0, 0.05) is 21.2 Å². The van der Waals surface area contributed by atoms with E-state index in [9.17, 15) is 9.59 Å². The summed E-state index contributed by atoms with van der Waals surface area (Å²) in [6.07, 6.45) is 0.800. The first kappa shape index (κ1) is 22.1. The molecule has 2 aromatic carbocycles. The largest absolute Gasteiger partial charge is 0.480 e. The standard InChI is InChI=1S/C9H10BrNO2.C9H10ClNO2/c10-11-8(9(12)13)6-7-4-2-1-3-5-7;10-7-3-1-6(2-4-7)5-8(11)9(12)13/h1-5,8,11H,6H2,(H,12,13);1-4,8H,5,11H2,(H,12,13)/t2*8-/m00/s1. The van der Waals surface area contributed by atoms with Crippen molar-refractivity contribution < 1.29 is 19.8 Å². The van der Waals surface area contributed by atoms with Crippen LogP contribution in [0.1, 0.15) is 11.1 Å². The third-order valence-electron chi connectivity index (χ3n) is 3.40. The van der Waals surface area contributed by atoms with E-state index in [2.05, 4.69) is 20.5 Å². The Balaban J connectivity index is 0.000000260. The van der Waals surface area contributed by atoms with Crippen LogP contribution in [-0.2, 0) is 22.4 Å². The smallest absolute Gasteiger partial charge is 0.321 e. The molecular weight excluding hydrogens is 424 g/mol. The van der Waals surface area contributed by atoms with Crippen LogP contribution in [0.15, 0.2) is 54.6 Å². The minimum atomic E-state index is -0.991. The number of benzene rings is 2. The summed E-state index contributed by atoms with van der Waals surface area (Å²) in [5, 5.41) is 17.9. The van der Waals surface area contributed by atoms with Gasteiger partial charge in [-0.2, -0.15) is 0 Å². The summed E-state index contributed by atoms with van der Waals surface area (Å²) in [6, 6.07) is 15.0. The lowest BCUT2D eigenvalue weighted by Gasteiger charge is -2.08. The second kappa shape index (κ2) is 11.6. The number of carboxylic acids is 2. The van der Waals surface area contributed by atoms with Crippen LogP contribution >= 0.6 is 27.7 Å². The summed E-state index contributed by atoms with van der Waals surface area (Å²) in [5.41, 5.74) is 7.23. The third-order valence-corrected chi connectivity index (χ3v) is 4.20. The summed E-state index contributed by atoms with van der Waals surface area (Å²) in [7, 11) is 0. The average molecular weight is 444 g/mol. The van der Waals surface area contributed by atoms with Gasteiger partial charge in [-0.05, 0) is 36.1 Å². The maximum atomic E-state index is 10.6. The Morgan fingerprint density at radius 3 is 1.96 bits per heavy atom. The molecule has 0 spiro atoms. The lowest BCUT2D eigenvalue weighted by Crippen LogP contribution is -2.32. The minimum absolute atomic E-state index is 0.326. The van der Waals surface area contributed by atoms with E-state index in [1.54, 1.807) is 24.3 Å². The number of carboxylic acid groups (broad SMARTS) is 2. The molecule has 0 saturated heterocycles. The lowest BCUT2D eigenvalue weighted by molar-refractivity contribution is -0.139. The topological polar surface area (TPSA) is 113 Å². The molecule has 140 valence electrons. The number of nitrogens with two attached hydrogens (primary N) is 1. The van der Waals surface area contributed by atoms with E-state index in [0.717, 1.165) is 11.1 Å². The quantitative estimate of drug-likeness (QED) is 0.490. The fourth-order valence-electron chi connectivity index (χ4n) is 1.98. The number of nitrogens with one attached hydrogen (secondary N) is 1. The van der Waals surface area contributed by atoms with Gasteiger partial charge in [0.05, 0.1) is 0 Å². The van der Waals surface area contributed by atoms with Crippen molar-refractivity contribution in [1.82, 2.24) is 4.34 Å². The van der Waals surface area contributed by atoms with Gasteiger partial charge in [-0.15, -0.1) is 0 Å². The molecule has 6 nitrogen and oxygen atoms in total. The number of aliphatic carboxylic acids is 2. The molecule has 26 heavy (non-hydrogen) atoms. The molecule has 0 saturated carbocycles. The molecule has 0 aromatic heterocycles. The Labute approximate surface area is 165 Å². The molecule has 0 aliphatic heterocycles. The second-order valence-electron chi connectivity index (χ2n) is 5.46. The summed E-state index contributed by atoms with van der Waals surface area (Å²) >= 11 is 8.61. The molecule has 2 rings (SSSR count). The number of carbonyl (C=O) groups is 2. The van der Waals surface area contributed by atoms with Crippen molar-refractivity contribution in [2.75, 3.05) is 0 Å². The first-order valence-electron chi connectivity index (χ1n) is 7.69. The number of hydrogen-bond donors (Lipinski definition) is 4. The van der Waals surface area contributed by atoms with Gasteiger partial charge in [0.15, 0.2) is 0 Å². The van der Waals surface area contributed by atoms with Crippen molar-refractivity contribution in [2.45, 2.75) is 24.9 Å². The van der Waals surface area contributed by atoms with E-state index in [1.807, 2.05) is 30.3 Å². The predicted molar refractivity (Wildman–Crippen MR) is 104 cm³/mol. The Bertz CT molecular complexity index is 698. The van der Waals surface area contributed by atoms with E-state index in [0.29, 0.717) is 17.9 Å². The van der Waals surface area contributed by atoms with Crippen LogP contribution < -0.4 is 10.1 Å². The molecule has 0 aliphatic carbocycles. The maximum Gasteiger partial charge on any atom is 0.321 e. The molecule has 8 heteroatoms. The molecule has 0 heterocycles. The zero-order valence-corrected chi connectivity index (χ0v) is 16.2. The van der Waals surface area contributed by atoms with Crippen molar-refractivity contribution in [1.29, 1.82) is 0 Å². The highest BCUT2D eigenvalue weighted by Gasteiger charge is 2.15. The van der Waals surface area contributed by atoms with Crippen LogP contribution in [0.4, 0.5) is 0 Å². The SMILES string of the molecule is N[C@@H](Cc1ccc(Cl)cc1)C(=O)O.O=C(O)[C@H](Cc1ccccc1)NBr. The highest BCUT2D eigenvalue weighted by Crippen LogP contribution is 2.10. The van der Waals surface area contributed by atoms with Gasteiger partial charge in [-0.3, -0.25) is 9.59 Å². The fraction of sp³-hybridized carbons (Fsp3) is 0.222. The zero-order valence-electron chi connectivity index (χ0n) is 13.8. The van der Waals surface area contributed by atoms with Crippen molar-refractivity contribution in [2.24, 2.45) is 5.73 Å². The molecule has 0 unspecified atom stereocenters. The summed E-state index contributed by atoms with van der Waals surface area (Å²) in [6.45, 7) is 0. The molecule has 0 fully saturated rings. The molecule has 5 N–H and O–H groups in total. The second-order valence-corrected chi connectivity index (χ2v) is 6.36. The van der Waals surface area contributed by atoms with Gasteiger partial charge in [-0.25, -0.2) is 4.34 Å². The van der Waals surface area contributed by atoms with Gasteiger partial charge in [0.2, 0.25) is 0 Å². The molecular formula is C18H20BrClN2O4. The number of halogens is 2.